The number of nitrogens with two attached hydrogens (primary N) is 2. The Kier molecular flexibility index (Phi) is 12.3. The quantitative estimate of drug-likeness (QED) is 0.0365. The number of primary amides is 1. The molecular weight excluding hydrogens is 669 g/mol. The Morgan fingerprint density at radius 1 is 1.04 bits per heavy atom. The van der Waals surface area contributed by atoms with Gasteiger partial charge in [0.25, 0.3) is 5.91 Å². The third kappa shape index (κ3) is 9.35. The number of allylic oxidation sites excluding steroid dienone is 1. The lowest BCUT2D eigenvalue weighted by Crippen LogP contribution is -2.41. The highest BCUT2D eigenvalue weighted by Gasteiger charge is 2.36. The van der Waals surface area contributed by atoms with Crippen molar-refractivity contribution < 1.29 is 28.3 Å². The van der Waals surface area contributed by atoms with E-state index in [1.165, 1.54) is 13.2 Å². The maximum Gasteiger partial charge on any atom is 0.337 e. The van der Waals surface area contributed by atoms with Crippen molar-refractivity contribution in [3.05, 3.63) is 71.1 Å². The van der Waals surface area contributed by atoms with Crippen LogP contribution in [0.25, 0.3) is 11.0 Å². The van der Waals surface area contributed by atoms with Crippen molar-refractivity contribution in [3.63, 3.8) is 0 Å². The van der Waals surface area contributed by atoms with Crippen LogP contribution in [0.1, 0.15) is 71.0 Å². The molecule has 15 heteroatoms. The third-order valence-corrected chi connectivity index (χ3v) is 13.5. The van der Waals surface area contributed by atoms with Gasteiger partial charge in [0, 0.05) is 38.2 Å². The summed E-state index contributed by atoms with van der Waals surface area (Å²) in [7, 11) is -0.569. The first kappa shape index (κ1) is 38.6. The number of nitrogens with one attached hydrogen (secondary N) is 2. The second kappa shape index (κ2) is 16.2. The normalized spacial score (nSPS) is 12.0. The number of aromatic nitrogens is 4. The van der Waals surface area contributed by atoms with Crippen molar-refractivity contribution in [2.24, 2.45) is 5.73 Å². The number of fused-ring (bicyclic) bond motifs is 1. The Bertz CT molecular complexity index is 1920. The number of benzene rings is 2. The van der Waals surface area contributed by atoms with Crippen molar-refractivity contribution in [2.45, 2.75) is 72.3 Å². The molecule has 0 saturated carbocycles. The Balaban J connectivity index is 1.50. The topological polar surface area (TPSA) is 191 Å². The summed E-state index contributed by atoms with van der Waals surface area (Å²) in [4.78, 5) is 42.2. The molecule has 274 valence electrons. The second-order valence-electron chi connectivity index (χ2n) is 13.6. The minimum Gasteiger partial charge on any atom is -0.491 e. The predicted octanol–water partition coefficient (Wildman–Crippen LogP) is 5.74. The van der Waals surface area contributed by atoms with Crippen molar-refractivity contribution in [3.8, 4) is 5.75 Å². The molecule has 0 atom stereocenters. The number of ether oxygens (including phenoxy) is 2. The highest BCUT2D eigenvalue weighted by atomic mass is 28.4. The van der Waals surface area contributed by atoms with Crippen LogP contribution in [-0.4, -0.2) is 72.3 Å². The molecule has 0 bridgehead atoms. The van der Waals surface area contributed by atoms with Crippen molar-refractivity contribution >= 4 is 54.5 Å². The summed E-state index contributed by atoms with van der Waals surface area (Å²) in [5.41, 5.74) is 15.7. The van der Waals surface area contributed by atoms with Gasteiger partial charge < -0.3 is 35.3 Å². The predicted molar refractivity (Wildman–Crippen MR) is 202 cm³/mol. The van der Waals surface area contributed by atoms with E-state index in [0.717, 1.165) is 5.69 Å². The van der Waals surface area contributed by atoms with E-state index in [9.17, 15) is 14.4 Å². The lowest BCUT2D eigenvalue weighted by atomic mass is 10.1. The van der Waals surface area contributed by atoms with Gasteiger partial charge in [-0.3, -0.25) is 19.6 Å². The number of methoxy groups -OCH3 is 1. The highest BCUT2D eigenvalue weighted by Crippen LogP contribution is 2.37. The zero-order valence-corrected chi connectivity index (χ0v) is 31.8. The molecule has 2 aromatic heterocycles. The first-order valence-electron chi connectivity index (χ1n) is 16.9. The van der Waals surface area contributed by atoms with E-state index in [-0.39, 0.29) is 16.5 Å². The van der Waals surface area contributed by atoms with Crippen molar-refractivity contribution in [1.82, 2.24) is 19.3 Å². The lowest BCUT2D eigenvalue weighted by molar-refractivity contribution is 0.0600. The van der Waals surface area contributed by atoms with Crippen LogP contribution in [0.2, 0.25) is 18.1 Å². The molecule has 0 aliphatic carbocycles. The van der Waals surface area contributed by atoms with Gasteiger partial charge in [0.1, 0.15) is 17.1 Å². The number of anilines is 3. The molecule has 2 amide bonds. The molecule has 0 aliphatic heterocycles. The fourth-order valence-electron chi connectivity index (χ4n) is 5.08. The van der Waals surface area contributed by atoms with Gasteiger partial charge in [-0.15, -0.1) is 0 Å². The van der Waals surface area contributed by atoms with Crippen LogP contribution in [-0.2, 0) is 22.3 Å². The largest absolute Gasteiger partial charge is 0.491 e. The summed E-state index contributed by atoms with van der Waals surface area (Å²) in [6.45, 7) is 16.9. The van der Waals surface area contributed by atoms with E-state index in [1.54, 1.807) is 35.0 Å². The Labute approximate surface area is 299 Å². The molecule has 0 aliphatic rings. The van der Waals surface area contributed by atoms with Crippen molar-refractivity contribution in [2.75, 3.05) is 43.2 Å². The minimum absolute atomic E-state index is 0.107. The molecule has 2 heterocycles. The molecule has 0 unspecified atom stereocenters. The average Bonchev–Trinajstić information content (AvgIpc) is 3.62. The summed E-state index contributed by atoms with van der Waals surface area (Å²) >= 11 is 0. The van der Waals surface area contributed by atoms with Gasteiger partial charge in [-0.2, -0.15) is 5.10 Å². The Morgan fingerprint density at radius 2 is 1.78 bits per heavy atom. The van der Waals surface area contributed by atoms with Gasteiger partial charge in [0.05, 0.1) is 41.7 Å². The average molecular weight is 719 g/mol. The zero-order valence-electron chi connectivity index (χ0n) is 30.8. The number of aryl methyl sites for hydroxylation is 2. The SMILES string of the molecule is CCn1nc(C)cc1C(=O)Nc1nc2cc(C(=O)OC)ccc2n1C/C=C/CNc1c(N)cc(C(N)=O)cc1OCCCO[Si](C)(C)C(C)(C)C. The standard InChI is InChI=1S/C36H50N8O6Si/c1-9-44-29(19-23(2)42-44)33(46)41-35-40-27-21-24(34(47)48-6)13-14-28(27)43(35)16-11-10-15-39-31-26(37)20-25(32(38)45)22-30(31)49-17-12-18-50-51(7,8)36(3,4)5/h10-11,13-14,19-22,39H,9,12,15-18,37H2,1-8H3,(H2,38,45)(H,40,41,46)/b11-10+. The van der Waals surface area contributed by atoms with E-state index >= 15 is 0 Å². The van der Waals surface area contributed by atoms with Crippen LogP contribution in [0, 0.1) is 6.92 Å². The first-order valence-corrected chi connectivity index (χ1v) is 19.8. The zero-order chi connectivity index (χ0) is 37.5. The number of carbonyl (C=O) groups excluding carboxylic acids is 3. The number of carbonyl (C=O) groups is 3. The van der Waals surface area contributed by atoms with Gasteiger partial charge in [-0.25, -0.2) is 9.78 Å². The monoisotopic (exact) mass is 718 g/mol. The Hall–Kier alpha value is -5.15. The van der Waals surface area contributed by atoms with Crippen LogP contribution >= 0.6 is 0 Å². The highest BCUT2D eigenvalue weighted by molar-refractivity contribution is 6.74. The molecule has 0 saturated heterocycles. The maximum absolute atomic E-state index is 13.3. The summed E-state index contributed by atoms with van der Waals surface area (Å²) in [5, 5.41) is 10.7. The van der Waals surface area contributed by atoms with E-state index in [0.29, 0.717) is 84.6 Å². The van der Waals surface area contributed by atoms with Crippen LogP contribution in [0.15, 0.2) is 48.6 Å². The third-order valence-electron chi connectivity index (χ3n) is 8.91. The summed E-state index contributed by atoms with van der Waals surface area (Å²) in [6, 6.07) is 9.86. The first-order chi connectivity index (χ1) is 24.1. The number of nitrogen functional groups attached to an aromatic ring is 1. The fraction of sp³-hybridized carbons (Fsp3) is 0.417. The second-order valence-corrected chi connectivity index (χ2v) is 18.5. The Morgan fingerprint density at radius 3 is 2.45 bits per heavy atom. The number of rotatable bonds is 16. The summed E-state index contributed by atoms with van der Waals surface area (Å²) in [5.74, 6) is -0.741. The molecule has 0 radical (unpaired) electrons. The smallest absolute Gasteiger partial charge is 0.337 e. The molecular formula is C36H50N8O6Si. The summed E-state index contributed by atoms with van der Waals surface area (Å²) in [6.07, 6.45) is 4.46. The van der Waals surface area contributed by atoms with Crippen LogP contribution in [0.3, 0.4) is 0 Å². The van der Waals surface area contributed by atoms with Crippen LogP contribution in [0.5, 0.6) is 5.75 Å². The number of nitrogens with zero attached hydrogens (tertiary/aromatic N) is 4. The minimum atomic E-state index is -1.88. The van der Waals surface area contributed by atoms with Gasteiger partial charge in [-0.1, -0.05) is 32.9 Å². The molecule has 4 rings (SSSR count). The van der Waals surface area contributed by atoms with Gasteiger partial charge in [-0.05, 0) is 68.4 Å². The maximum atomic E-state index is 13.3. The number of hydrogen-bond acceptors (Lipinski definition) is 10. The van der Waals surface area contributed by atoms with Gasteiger partial charge in [0.15, 0.2) is 8.32 Å². The molecule has 4 aromatic rings. The molecule has 51 heavy (non-hydrogen) atoms. The van der Waals surface area contributed by atoms with E-state index in [2.05, 4.69) is 54.6 Å². The fourth-order valence-corrected chi connectivity index (χ4v) is 6.17. The number of imidazole rings is 1. The van der Waals surface area contributed by atoms with Gasteiger partial charge in [0.2, 0.25) is 11.9 Å². The van der Waals surface area contributed by atoms with Crippen molar-refractivity contribution in [1.29, 1.82) is 0 Å². The molecule has 0 spiro atoms. The van der Waals surface area contributed by atoms with E-state index in [1.807, 2.05) is 30.6 Å². The molecule has 6 N–H and O–H groups in total. The summed E-state index contributed by atoms with van der Waals surface area (Å²) < 4.78 is 20.7. The number of hydrogen-bond donors (Lipinski definition) is 4. The van der Waals surface area contributed by atoms with Crippen LogP contribution < -0.4 is 26.8 Å². The molecule has 14 nitrogen and oxygen atoms in total. The van der Waals surface area contributed by atoms with E-state index < -0.39 is 20.2 Å². The lowest BCUT2D eigenvalue weighted by Gasteiger charge is -2.36. The van der Waals surface area contributed by atoms with Gasteiger partial charge >= 0.3 is 5.97 Å². The number of amides is 2. The molecule has 0 fully saturated rings. The number of esters is 1. The van der Waals surface area contributed by atoms with Crippen LogP contribution in [0.4, 0.5) is 17.3 Å². The molecule has 2 aromatic carbocycles. The van der Waals surface area contributed by atoms with E-state index in [4.69, 9.17) is 25.4 Å².